The van der Waals surface area contributed by atoms with Crippen LogP contribution in [-0.4, -0.2) is 69.6 Å². The molecule has 142 valence electrons. The van der Waals surface area contributed by atoms with Crippen LogP contribution in [0.15, 0.2) is 12.1 Å². The van der Waals surface area contributed by atoms with E-state index < -0.39 is 12.1 Å². The van der Waals surface area contributed by atoms with Gasteiger partial charge in [-0.1, -0.05) is 0 Å². The number of amides is 1. The third-order valence-corrected chi connectivity index (χ3v) is 4.04. The van der Waals surface area contributed by atoms with Crippen LogP contribution in [0.2, 0.25) is 0 Å². The summed E-state index contributed by atoms with van der Waals surface area (Å²) < 4.78 is 26.3. The molecule has 26 heavy (non-hydrogen) atoms. The molecule has 0 aliphatic carbocycles. The van der Waals surface area contributed by atoms with Gasteiger partial charge in [0.15, 0.2) is 17.6 Å². The highest BCUT2D eigenvalue weighted by Crippen LogP contribution is 2.40. The minimum atomic E-state index is -0.670. The topological polar surface area (TPSA) is 95.6 Å². The highest BCUT2D eigenvalue weighted by atomic mass is 16.7. The van der Waals surface area contributed by atoms with Gasteiger partial charge in [0.1, 0.15) is 5.75 Å². The number of carbonyl (C=O) groups excluding carboxylic acids is 2. The summed E-state index contributed by atoms with van der Waals surface area (Å²) in [5.41, 5.74) is 0.497. The van der Waals surface area contributed by atoms with Gasteiger partial charge in [0, 0.05) is 25.2 Å². The first kappa shape index (κ1) is 18.3. The zero-order valence-corrected chi connectivity index (χ0v) is 14.8. The van der Waals surface area contributed by atoms with Gasteiger partial charge in [-0.15, -0.1) is 0 Å². The molecule has 0 spiro atoms. The van der Waals surface area contributed by atoms with Crippen molar-refractivity contribution < 1.29 is 33.3 Å². The SMILES string of the molecule is CCOC(=O)C1CN(CC(=O)Nc2cc3c(cc2OC)OCO3)CCO1. The second-order valence-electron chi connectivity index (χ2n) is 5.80. The summed E-state index contributed by atoms with van der Waals surface area (Å²) in [5, 5.41) is 2.81. The molecule has 1 unspecified atom stereocenters. The molecule has 0 aromatic heterocycles. The molecule has 1 aromatic rings. The molecule has 1 fully saturated rings. The zero-order chi connectivity index (χ0) is 18.5. The van der Waals surface area contributed by atoms with Gasteiger partial charge in [-0.25, -0.2) is 4.79 Å². The first-order chi connectivity index (χ1) is 12.6. The van der Waals surface area contributed by atoms with Gasteiger partial charge in [0.05, 0.1) is 32.6 Å². The quantitative estimate of drug-likeness (QED) is 0.733. The van der Waals surface area contributed by atoms with Gasteiger partial charge in [0.25, 0.3) is 0 Å². The number of hydrogen-bond donors (Lipinski definition) is 1. The third kappa shape index (κ3) is 4.17. The molecular formula is C17H22N2O7. The van der Waals surface area contributed by atoms with Gasteiger partial charge in [-0.05, 0) is 6.92 Å². The molecule has 0 bridgehead atoms. The summed E-state index contributed by atoms with van der Waals surface area (Å²) in [7, 11) is 1.51. The number of nitrogens with one attached hydrogen (secondary N) is 1. The van der Waals surface area contributed by atoms with Gasteiger partial charge < -0.3 is 29.0 Å². The molecule has 9 nitrogen and oxygen atoms in total. The highest BCUT2D eigenvalue weighted by molar-refractivity contribution is 5.94. The summed E-state index contributed by atoms with van der Waals surface area (Å²) >= 11 is 0. The number of rotatable bonds is 6. The van der Waals surface area contributed by atoms with Crippen molar-refractivity contribution in [3.8, 4) is 17.2 Å². The first-order valence-electron chi connectivity index (χ1n) is 8.38. The van der Waals surface area contributed by atoms with Crippen LogP contribution >= 0.6 is 0 Å². The lowest BCUT2D eigenvalue weighted by Gasteiger charge is -2.31. The first-order valence-corrected chi connectivity index (χ1v) is 8.38. The molecular weight excluding hydrogens is 344 g/mol. The van der Waals surface area contributed by atoms with E-state index in [0.717, 1.165) is 0 Å². The van der Waals surface area contributed by atoms with Crippen molar-refractivity contribution in [1.82, 2.24) is 4.90 Å². The van der Waals surface area contributed by atoms with Crippen molar-refractivity contribution in [2.24, 2.45) is 0 Å². The van der Waals surface area contributed by atoms with E-state index in [-0.39, 0.29) is 19.2 Å². The van der Waals surface area contributed by atoms with E-state index >= 15 is 0 Å². The molecule has 2 aliphatic heterocycles. The zero-order valence-electron chi connectivity index (χ0n) is 14.8. The monoisotopic (exact) mass is 366 g/mol. The molecule has 1 aromatic carbocycles. The third-order valence-electron chi connectivity index (χ3n) is 4.04. The van der Waals surface area contributed by atoms with Crippen LogP contribution in [0.4, 0.5) is 5.69 Å². The van der Waals surface area contributed by atoms with Gasteiger partial charge in [0.2, 0.25) is 12.7 Å². The Kier molecular flexibility index (Phi) is 5.79. The lowest BCUT2D eigenvalue weighted by molar-refractivity contribution is -0.162. The number of esters is 1. The van der Waals surface area contributed by atoms with E-state index in [2.05, 4.69) is 5.32 Å². The van der Waals surface area contributed by atoms with Crippen LogP contribution in [0.5, 0.6) is 17.2 Å². The van der Waals surface area contributed by atoms with E-state index in [1.165, 1.54) is 7.11 Å². The Bertz CT molecular complexity index is 679. The number of nitrogens with zero attached hydrogens (tertiary/aromatic N) is 1. The Labute approximate surface area is 151 Å². The lowest BCUT2D eigenvalue weighted by Crippen LogP contribution is -2.49. The summed E-state index contributed by atoms with van der Waals surface area (Å²) in [6.07, 6.45) is -0.670. The maximum Gasteiger partial charge on any atom is 0.336 e. The molecule has 1 atom stereocenters. The maximum atomic E-state index is 12.4. The van der Waals surface area contributed by atoms with Crippen LogP contribution < -0.4 is 19.5 Å². The fraction of sp³-hybridized carbons (Fsp3) is 0.529. The number of methoxy groups -OCH3 is 1. The Morgan fingerprint density at radius 1 is 1.31 bits per heavy atom. The average molecular weight is 366 g/mol. The van der Waals surface area contributed by atoms with Crippen LogP contribution in [0.3, 0.4) is 0 Å². The molecule has 2 heterocycles. The normalized spacial score (nSPS) is 19.1. The highest BCUT2D eigenvalue weighted by Gasteiger charge is 2.29. The van der Waals surface area contributed by atoms with E-state index in [9.17, 15) is 9.59 Å². The number of ether oxygens (including phenoxy) is 5. The number of carbonyl (C=O) groups is 2. The molecule has 0 radical (unpaired) electrons. The minimum Gasteiger partial charge on any atom is -0.494 e. The van der Waals surface area contributed by atoms with Crippen molar-refractivity contribution >= 4 is 17.6 Å². The minimum absolute atomic E-state index is 0.122. The predicted octanol–water partition coefficient (Wildman–Crippen LogP) is 0.626. The van der Waals surface area contributed by atoms with Gasteiger partial charge >= 0.3 is 5.97 Å². The van der Waals surface area contributed by atoms with E-state index in [0.29, 0.717) is 49.2 Å². The summed E-state index contributed by atoms with van der Waals surface area (Å²) in [5.74, 6) is 0.968. The van der Waals surface area contributed by atoms with Crippen molar-refractivity contribution in [2.45, 2.75) is 13.0 Å². The smallest absolute Gasteiger partial charge is 0.336 e. The summed E-state index contributed by atoms with van der Waals surface area (Å²) in [6.45, 7) is 3.53. The number of fused-ring (bicyclic) bond motifs is 1. The van der Waals surface area contributed by atoms with Crippen molar-refractivity contribution in [3.05, 3.63) is 12.1 Å². The number of hydrogen-bond acceptors (Lipinski definition) is 8. The second kappa shape index (κ2) is 8.24. The number of anilines is 1. The van der Waals surface area contributed by atoms with Crippen molar-refractivity contribution in [2.75, 3.05) is 52.1 Å². The van der Waals surface area contributed by atoms with E-state index in [1.807, 2.05) is 4.90 Å². The lowest BCUT2D eigenvalue weighted by atomic mass is 10.2. The molecule has 1 N–H and O–H groups in total. The fourth-order valence-electron chi connectivity index (χ4n) is 2.81. The van der Waals surface area contributed by atoms with E-state index in [4.69, 9.17) is 23.7 Å². The molecule has 1 saturated heterocycles. The fourth-order valence-corrected chi connectivity index (χ4v) is 2.81. The van der Waals surface area contributed by atoms with Crippen LogP contribution in [0.1, 0.15) is 6.92 Å². The Hall–Kier alpha value is -2.52. The number of benzene rings is 1. The maximum absolute atomic E-state index is 12.4. The van der Waals surface area contributed by atoms with E-state index in [1.54, 1.807) is 19.1 Å². The van der Waals surface area contributed by atoms with Gasteiger partial charge in [-0.2, -0.15) is 0 Å². The predicted molar refractivity (Wildman–Crippen MR) is 90.6 cm³/mol. The van der Waals surface area contributed by atoms with Crippen molar-refractivity contribution in [1.29, 1.82) is 0 Å². The molecule has 0 saturated carbocycles. The standard InChI is InChI=1S/C17H22N2O7/c1-3-23-17(21)15-8-19(4-5-24-15)9-16(20)18-11-6-13-14(26-10-25-13)7-12(11)22-2/h6-7,15H,3-5,8-10H2,1-2H3,(H,18,20). The molecule has 1 amide bonds. The Morgan fingerprint density at radius 2 is 2.08 bits per heavy atom. The Morgan fingerprint density at radius 3 is 2.81 bits per heavy atom. The molecule has 9 heteroatoms. The summed E-state index contributed by atoms with van der Waals surface area (Å²) in [6, 6.07) is 3.34. The Balaban J connectivity index is 1.59. The summed E-state index contributed by atoms with van der Waals surface area (Å²) in [4.78, 5) is 26.1. The average Bonchev–Trinajstić information content (AvgIpc) is 3.08. The van der Waals surface area contributed by atoms with Crippen molar-refractivity contribution in [3.63, 3.8) is 0 Å². The molecule has 3 rings (SSSR count). The largest absolute Gasteiger partial charge is 0.494 e. The van der Waals surface area contributed by atoms with Crippen LogP contribution in [0.25, 0.3) is 0 Å². The molecule has 2 aliphatic rings. The second-order valence-corrected chi connectivity index (χ2v) is 5.80. The van der Waals surface area contributed by atoms with Crippen LogP contribution in [-0.2, 0) is 19.1 Å². The van der Waals surface area contributed by atoms with Gasteiger partial charge in [-0.3, -0.25) is 9.69 Å². The van der Waals surface area contributed by atoms with Crippen LogP contribution in [0, 0.1) is 0 Å². The number of morpholine rings is 1.